The number of thiophene rings is 1. The van der Waals surface area contributed by atoms with Crippen LogP contribution in [0.3, 0.4) is 0 Å². The van der Waals surface area contributed by atoms with Gasteiger partial charge in [-0.25, -0.2) is 4.98 Å². The fourth-order valence-corrected chi connectivity index (χ4v) is 5.94. The molecule has 0 spiro atoms. The maximum Gasteiger partial charge on any atom is 0.0957 e. The molecule has 1 N–H and O–H groups in total. The first-order valence-electron chi connectivity index (χ1n) is 8.94. The summed E-state index contributed by atoms with van der Waals surface area (Å²) in [6, 6.07) is 3.04. The minimum absolute atomic E-state index is 0.241. The van der Waals surface area contributed by atoms with E-state index in [1.165, 1.54) is 28.3 Å². The van der Waals surface area contributed by atoms with Crippen LogP contribution in [0.25, 0.3) is 11.3 Å². The highest BCUT2D eigenvalue weighted by Gasteiger charge is 2.38. The number of nitrogens with zero attached hydrogens (tertiary/aromatic N) is 3. The lowest BCUT2D eigenvalue weighted by Crippen LogP contribution is -2.41. The van der Waals surface area contributed by atoms with Crippen LogP contribution in [-0.2, 0) is 0 Å². The number of aliphatic hydroxyl groups excluding tert-OH is 1. The van der Waals surface area contributed by atoms with E-state index in [0.29, 0.717) is 12.0 Å². The van der Waals surface area contributed by atoms with Crippen molar-refractivity contribution in [1.82, 2.24) is 14.5 Å². The van der Waals surface area contributed by atoms with Crippen molar-refractivity contribution in [3.05, 3.63) is 41.1 Å². The van der Waals surface area contributed by atoms with Gasteiger partial charge in [-0.2, -0.15) is 0 Å². The topological polar surface area (TPSA) is 41.3 Å². The van der Waals surface area contributed by atoms with Gasteiger partial charge in [-0.05, 0) is 49.5 Å². The Morgan fingerprint density at radius 1 is 1.42 bits per heavy atom. The Hall–Kier alpha value is -1.59. The molecule has 24 heavy (non-hydrogen) atoms. The fraction of sp³-hybridized carbons (Fsp3) is 0.526. The highest BCUT2D eigenvalue weighted by Crippen LogP contribution is 2.46. The summed E-state index contributed by atoms with van der Waals surface area (Å²) in [6.45, 7) is 5.25. The van der Waals surface area contributed by atoms with E-state index >= 15 is 0 Å². The van der Waals surface area contributed by atoms with E-state index in [0.717, 1.165) is 32.2 Å². The average Bonchev–Trinajstić information content (AvgIpc) is 3.33. The van der Waals surface area contributed by atoms with Crippen LogP contribution in [0.2, 0.25) is 0 Å². The monoisotopic (exact) mass is 341 g/mol. The van der Waals surface area contributed by atoms with E-state index in [1.807, 2.05) is 12.5 Å². The third-order valence-corrected chi connectivity index (χ3v) is 7.23. The molecule has 5 heteroatoms. The van der Waals surface area contributed by atoms with Crippen molar-refractivity contribution >= 4 is 11.3 Å². The summed E-state index contributed by atoms with van der Waals surface area (Å²) >= 11 is 1.81. The molecule has 4 nitrogen and oxygen atoms in total. The fourth-order valence-electron chi connectivity index (χ4n) is 4.92. The average molecular weight is 341 g/mol. The van der Waals surface area contributed by atoms with E-state index in [4.69, 9.17) is 0 Å². The number of aliphatic hydroxyl groups is 1. The lowest BCUT2D eigenvalue weighted by Gasteiger charge is -2.39. The number of imidazole rings is 1. The lowest BCUT2D eigenvalue weighted by molar-refractivity contribution is 0.0404. The van der Waals surface area contributed by atoms with Crippen molar-refractivity contribution in [3.63, 3.8) is 0 Å². The maximum atomic E-state index is 11.0. The second-order valence-corrected chi connectivity index (χ2v) is 8.39. The standard InChI is InChI=1S/C19H23N3OS/c1-12-2-3-14-8-13(4-6-21(12)14)18(23)9-16-19-15(5-7-24-19)17-10-20-11-22(16)17/h5,7,10-11,13-14,16,18,23H,1-4,6,8-9H2/t13-,14-,16-,18-/m1/s1. The molecule has 2 fully saturated rings. The number of rotatable bonds is 3. The zero-order valence-corrected chi connectivity index (χ0v) is 14.6. The van der Waals surface area contributed by atoms with Gasteiger partial charge in [0.1, 0.15) is 0 Å². The Labute approximate surface area is 146 Å². The number of fused-ring (bicyclic) bond motifs is 4. The molecule has 2 aromatic rings. The molecule has 0 saturated carbocycles. The molecule has 0 bridgehead atoms. The van der Waals surface area contributed by atoms with Crippen molar-refractivity contribution in [2.75, 3.05) is 6.54 Å². The van der Waals surface area contributed by atoms with Gasteiger partial charge in [0, 0.05) is 28.7 Å². The van der Waals surface area contributed by atoms with Crippen molar-refractivity contribution in [1.29, 1.82) is 0 Å². The Morgan fingerprint density at radius 2 is 2.33 bits per heavy atom. The molecule has 5 rings (SSSR count). The molecule has 3 aliphatic heterocycles. The van der Waals surface area contributed by atoms with E-state index < -0.39 is 0 Å². The summed E-state index contributed by atoms with van der Waals surface area (Å²) in [6.07, 6.45) is 8.96. The van der Waals surface area contributed by atoms with Gasteiger partial charge < -0.3 is 14.6 Å². The van der Waals surface area contributed by atoms with Gasteiger partial charge in [-0.1, -0.05) is 6.58 Å². The van der Waals surface area contributed by atoms with Gasteiger partial charge in [0.25, 0.3) is 0 Å². The molecule has 0 unspecified atom stereocenters. The normalized spacial score (nSPS) is 29.5. The van der Waals surface area contributed by atoms with Crippen molar-refractivity contribution in [2.45, 2.75) is 50.3 Å². The van der Waals surface area contributed by atoms with E-state index in [2.05, 4.69) is 32.5 Å². The summed E-state index contributed by atoms with van der Waals surface area (Å²) in [5.74, 6) is 0.410. The Morgan fingerprint density at radius 3 is 3.25 bits per heavy atom. The smallest absolute Gasteiger partial charge is 0.0957 e. The van der Waals surface area contributed by atoms with Gasteiger partial charge >= 0.3 is 0 Å². The van der Waals surface area contributed by atoms with Crippen LogP contribution in [0.4, 0.5) is 0 Å². The second-order valence-electron chi connectivity index (χ2n) is 7.44. The van der Waals surface area contributed by atoms with Gasteiger partial charge in [-0.3, -0.25) is 0 Å². The minimum atomic E-state index is -0.241. The molecule has 0 aliphatic carbocycles. The van der Waals surface area contributed by atoms with Crippen molar-refractivity contribution in [3.8, 4) is 11.3 Å². The summed E-state index contributed by atoms with van der Waals surface area (Å²) in [5, 5.41) is 13.1. The summed E-state index contributed by atoms with van der Waals surface area (Å²) in [7, 11) is 0. The molecule has 2 saturated heterocycles. The van der Waals surface area contributed by atoms with Crippen LogP contribution >= 0.6 is 11.3 Å². The molecule has 0 aromatic carbocycles. The van der Waals surface area contributed by atoms with Gasteiger partial charge in [0.15, 0.2) is 0 Å². The first-order chi connectivity index (χ1) is 11.7. The Bertz CT molecular complexity index is 739. The predicted octanol–water partition coefficient (Wildman–Crippen LogP) is 3.65. The minimum Gasteiger partial charge on any atom is -0.393 e. The lowest BCUT2D eigenvalue weighted by atomic mass is 9.84. The summed E-state index contributed by atoms with van der Waals surface area (Å²) < 4.78 is 2.25. The van der Waals surface area contributed by atoms with Crippen LogP contribution in [0.5, 0.6) is 0 Å². The number of allylic oxidation sites excluding steroid dienone is 1. The highest BCUT2D eigenvalue weighted by molar-refractivity contribution is 7.10. The van der Waals surface area contributed by atoms with Gasteiger partial charge in [0.05, 0.1) is 30.4 Å². The predicted molar refractivity (Wildman–Crippen MR) is 95.9 cm³/mol. The van der Waals surface area contributed by atoms with Gasteiger partial charge in [-0.15, -0.1) is 11.3 Å². The molecule has 0 radical (unpaired) electrons. The van der Waals surface area contributed by atoms with Crippen LogP contribution in [0.1, 0.15) is 43.0 Å². The molecular weight excluding hydrogens is 318 g/mol. The van der Waals surface area contributed by atoms with E-state index in [1.54, 1.807) is 11.3 Å². The van der Waals surface area contributed by atoms with Crippen LogP contribution < -0.4 is 0 Å². The largest absolute Gasteiger partial charge is 0.393 e. The molecule has 5 heterocycles. The number of hydrogen-bond donors (Lipinski definition) is 1. The zero-order chi connectivity index (χ0) is 16.3. The first-order valence-corrected chi connectivity index (χ1v) is 9.82. The summed E-state index contributed by atoms with van der Waals surface area (Å²) in [5.41, 5.74) is 3.80. The Balaban J connectivity index is 1.33. The number of aromatic nitrogens is 2. The van der Waals surface area contributed by atoms with Crippen LogP contribution in [-0.4, -0.2) is 38.2 Å². The second kappa shape index (κ2) is 5.46. The molecule has 4 atom stereocenters. The van der Waals surface area contributed by atoms with Crippen molar-refractivity contribution in [2.24, 2.45) is 5.92 Å². The Kier molecular flexibility index (Phi) is 3.35. The zero-order valence-electron chi connectivity index (χ0n) is 13.8. The maximum absolute atomic E-state index is 11.0. The quantitative estimate of drug-likeness (QED) is 0.926. The number of hydrogen-bond acceptors (Lipinski definition) is 4. The SMILES string of the molecule is C=C1CC[C@@H]2C[C@H]([C@H](O)C[C@@H]3c4sccc4-c4cncn43)CCN12. The molecule has 3 aliphatic rings. The highest BCUT2D eigenvalue weighted by atomic mass is 32.1. The molecule has 2 aromatic heterocycles. The van der Waals surface area contributed by atoms with Crippen LogP contribution in [0.15, 0.2) is 36.2 Å². The van der Waals surface area contributed by atoms with E-state index in [-0.39, 0.29) is 12.1 Å². The van der Waals surface area contributed by atoms with Crippen molar-refractivity contribution < 1.29 is 5.11 Å². The third-order valence-electron chi connectivity index (χ3n) is 6.21. The van der Waals surface area contributed by atoms with Crippen LogP contribution in [0, 0.1) is 5.92 Å². The third kappa shape index (κ3) is 2.11. The molecular formula is C19H23N3OS. The molecule has 126 valence electrons. The first kappa shape index (κ1) is 14.7. The molecule has 0 amide bonds. The van der Waals surface area contributed by atoms with E-state index in [9.17, 15) is 5.11 Å². The van der Waals surface area contributed by atoms with Gasteiger partial charge in [0.2, 0.25) is 0 Å². The summed E-state index contributed by atoms with van der Waals surface area (Å²) in [4.78, 5) is 8.18. The number of piperidine rings is 1.